The summed E-state index contributed by atoms with van der Waals surface area (Å²) in [6.45, 7) is 0. The Bertz CT molecular complexity index is 1410. The molecule has 36 heavy (non-hydrogen) atoms. The lowest BCUT2D eigenvalue weighted by atomic mass is 9.91. The highest BCUT2D eigenvalue weighted by molar-refractivity contribution is 5.81. The molecular weight excluding hydrogens is 506 g/mol. The van der Waals surface area contributed by atoms with Gasteiger partial charge in [0.2, 0.25) is 0 Å². The van der Waals surface area contributed by atoms with Gasteiger partial charge in [-0.25, -0.2) is 17.6 Å². The van der Waals surface area contributed by atoms with E-state index in [-0.39, 0.29) is 0 Å². The highest BCUT2D eigenvalue weighted by Crippen LogP contribution is 2.31. The van der Waals surface area contributed by atoms with Gasteiger partial charge in [-0.05, 0) is 58.7 Å². The molecule has 0 atom stereocenters. The fourth-order valence-electron chi connectivity index (χ4n) is 3.46. The molecule has 2 nitrogen and oxygen atoms in total. The van der Waals surface area contributed by atoms with Crippen LogP contribution in [0.25, 0.3) is 33.4 Å². The first-order valence-electron chi connectivity index (χ1n) is 9.46. The Hall–Kier alpha value is -4.32. The van der Waals surface area contributed by atoms with Crippen molar-refractivity contribution in [2.75, 3.05) is 0 Å². The largest absolute Gasteiger partial charge is 0.426 e. The normalized spacial score (nSPS) is 13.6. The number of hydrogen-bond donors (Lipinski definition) is 0. The quantitative estimate of drug-likeness (QED) is 0.391. The van der Waals surface area contributed by atoms with E-state index in [2.05, 4.69) is 0 Å². The van der Waals surface area contributed by atoms with Crippen molar-refractivity contribution in [1.29, 1.82) is 10.5 Å². The molecule has 0 spiro atoms. The van der Waals surface area contributed by atoms with Crippen LogP contribution in [0.5, 0.6) is 0 Å². The highest BCUT2D eigenvalue weighted by atomic mass is 19.4. The van der Waals surface area contributed by atoms with Gasteiger partial charge < -0.3 is 0 Å². The fraction of sp³-hybridized carbons (Fsp3) is 0.0833. The molecule has 0 heterocycles. The van der Waals surface area contributed by atoms with Crippen LogP contribution in [0, 0.1) is 45.9 Å². The zero-order valence-electron chi connectivity index (χ0n) is 17.3. The lowest BCUT2D eigenvalue weighted by molar-refractivity contribution is -0.0694. The Morgan fingerprint density at radius 3 is 1.00 bits per heavy atom. The molecule has 0 fully saturated rings. The predicted molar refractivity (Wildman–Crippen MR) is 107 cm³/mol. The average molecular weight is 514 g/mol. The van der Waals surface area contributed by atoms with Crippen LogP contribution in [0.15, 0.2) is 48.5 Å². The third-order valence-electron chi connectivity index (χ3n) is 4.83. The summed E-state index contributed by atoms with van der Waals surface area (Å²) in [6.07, 6.45) is -10.8. The zero-order valence-corrected chi connectivity index (χ0v) is 17.3. The molecule has 0 aromatic heterocycles. The first-order chi connectivity index (χ1) is 16.6. The Labute approximate surface area is 195 Å². The van der Waals surface area contributed by atoms with E-state index in [1.165, 1.54) is 0 Å². The van der Waals surface area contributed by atoms with Gasteiger partial charge in [0.25, 0.3) is 0 Å². The van der Waals surface area contributed by atoms with Crippen molar-refractivity contribution in [3.63, 3.8) is 0 Å². The molecule has 3 aromatic rings. The third kappa shape index (κ3) is 5.33. The molecule has 0 aliphatic heterocycles. The Balaban J connectivity index is 2.75. The molecular formula is C24H8F10N2. The second-order valence-electron chi connectivity index (χ2n) is 7.23. The second-order valence-corrected chi connectivity index (χ2v) is 7.23. The van der Waals surface area contributed by atoms with Crippen LogP contribution in [-0.4, -0.2) is 12.4 Å². The van der Waals surface area contributed by atoms with Gasteiger partial charge in [0.15, 0.2) is 0 Å². The summed E-state index contributed by atoms with van der Waals surface area (Å²) >= 11 is 0. The molecule has 3 rings (SSSR count). The molecule has 0 amide bonds. The topological polar surface area (TPSA) is 47.6 Å². The summed E-state index contributed by atoms with van der Waals surface area (Å²) in [5.41, 5.74) is -7.13. The standard InChI is InChI=1S/C24H8F10N2/c25-13-1-11(2-14(26)5-13)17-7-20(22(10-36)24(32,33)34)18(12-3-15(27)6-16(28)4-12)8-19(17)21(9-35)23(29,30)31/h1-8H/b21-19+,22-20+. The van der Waals surface area contributed by atoms with E-state index in [0.29, 0.717) is 48.5 Å². The van der Waals surface area contributed by atoms with Crippen molar-refractivity contribution in [3.05, 3.63) is 82.2 Å². The Kier molecular flexibility index (Phi) is 6.85. The van der Waals surface area contributed by atoms with E-state index < -0.39 is 79.5 Å². The number of nitrogens with zero attached hydrogens (tertiary/aromatic N) is 2. The van der Waals surface area contributed by atoms with Crippen molar-refractivity contribution in [2.24, 2.45) is 0 Å². The highest BCUT2D eigenvalue weighted by Gasteiger charge is 2.37. The Morgan fingerprint density at radius 1 is 0.500 bits per heavy atom. The molecule has 0 saturated carbocycles. The van der Waals surface area contributed by atoms with Crippen molar-refractivity contribution in [1.82, 2.24) is 0 Å². The number of nitriles is 2. The van der Waals surface area contributed by atoms with Gasteiger partial charge >= 0.3 is 12.4 Å². The minimum atomic E-state index is -5.40. The van der Waals surface area contributed by atoms with Crippen molar-refractivity contribution in [3.8, 4) is 34.4 Å². The molecule has 0 bridgehead atoms. The van der Waals surface area contributed by atoms with Crippen LogP contribution in [0.1, 0.15) is 0 Å². The van der Waals surface area contributed by atoms with Crippen LogP contribution in [0.4, 0.5) is 43.9 Å². The maximum absolute atomic E-state index is 13.9. The minimum Gasteiger partial charge on any atom is -0.207 e. The van der Waals surface area contributed by atoms with Gasteiger partial charge in [-0.3, -0.25) is 0 Å². The van der Waals surface area contributed by atoms with Crippen LogP contribution >= 0.6 is 0 Å². The average Bonchev–Trinajstić information content (AvgIpc) is 2.71. The smallest absolute Gasteiger partial charge is 0.207 e. The summed E-state index contributed by atoms with van der Waals surface area (Å²) in [6, 6.07) is 5.10. The van der Waals surface area contributed by atoms with Crippen molar-refractivity contribution < 1.29 is 43.9 Å². The zero-order chi connectivity index (χ0) is 27.0. The molecule has 0 radical (unpaired) electrons. The predicted octanol–water partition coefficient (Wildman–Crippen LogP) is 6.05. The van der Waals surface area contributed by atoms with Gasteiger partial charge in [-0.15, -0.1) is 0 Å². The van der Waals surface area contributed by atoms with Crippen LogP contribution in [0.2, 0.25) is 0 Å². The number of benzene rings is 3. The molecule has 12 heteroatoms. The molecule has 0 saturated heterocycles. The van der Waals surface area contributed by atoms with Gasteiger partial charge in [0.1, 0.15) is 46.6 Å². The number of rotatable bonds is 2. The molecule has 0 aliphatic rings. The third-order valence-corrected chi connectivity index (χ3v) is 4.83. The SMILES string of the molecule is N#C/C(=c1/cc(-c2cc(F)cc(F)c2)/c(=C(\C#N)C(F)(F)F)cc1-c1cc(F)cc(F)c1)C(F)(F)F. The fourth-order valence-corrected chi connectivity index (χ4v) is 3.46. The number of halogens is 10. The molecule has 184 valence electrons. The number of alkyl halides is 6. The van der Waals surface area contributed by atoms with Gasteiger partial charge in [-0.2, -0.15) is 36.9 Å². The lowest BCUT2D eigenvalue weighted by Gasteiger charge is -2.14. The number of hydrogen-bond acceptors (Lipinski definition) is 2. The first-order valence-corrected chi connectivity index (χ1v) is 9.46. The summed E-state index contributed by atoms with van der Waals surface area (Å²) in [5.74, 6) is -5.22. The van der Waals surface area contributed by atoms with E-state index >= 15 is 0 Å². The summed E-state index contributed by atoms with van der Waals surface area (Å²) in [7, 11) is 0. The van der Waals surface area contributed by atoms with E-state index in [1.54, 1.807) is 0 Å². The van der Waals surface area contributed by atoms with E-state index in [9.17, 15) is 54.4 Å². The lowest BCUT2D eigenvalue weighted by Crippen LogP contribution is -2.27. The monoisotopic (exact) mass is 514 g/mol. The summed E-state index contributed by atoms with van der Waals surface area (Å²) in [4.78, 5) is 0. The Morgan fingerprint density at radius 2 is 0.778 bits per heavy atom. The van der Waals surface area contributed by atoms with Gasteiger partial charge in [0.05, 0.1) is 0 Å². The van der Waals surface area contributed by atoms with E-state index in [4.69, 9.17) is 0 Å². The van der Waals surface area contributed by atoms with Crippen molar-refractivity contribution >= 4 is 11.1 Å². The van der Waals surface area contributed by atoms with Crippen LogP contribution in [0.3, 0.4) is 0 Å². The molecule has 0 aliphatic carbocycles. The van der Waals surface area contributed by atoms with Gasteiger partial charge in [-0.1, -0.05) is 0 Å². The molecule has 3 aromatic carbocycles. The maximum Gasteiger partial charge on any atom is 0.426 e. The summed E-state index contributed by atoms with van der Waals surface area (Å²) < 4.78 is 137. The maximum atomic E-state index is 13.9. The second kappa shape index (κ2) is 9.38. The first kappa shape index (κ1) is 26.3. The molecule has 0 unspecified atom stereocenters. The van der Waals surface area contributed by atoms with E-state index in [0.717, 1.165) is 12.1 Å². The molecule has 0 N–H and O–H groups in total. The van der Waals surface area contributed by atoms with E-state index in [1.807, 2.05) is 0 Å². The summed E-state index contributed by atoms with van der Waals surface area (Å²) in [5, 5.41) is 16.1. The minimum absolute atomic E-state index is 0.342. The van der Waals surface area contributed by atoms with Crippen LogP contribution < -0.4 is 10.4 Å². The van der Waals surface area contributed by atoms with Gasteiger partial charge in [0, 0.05) is 22.6 Å². The van der Waals surface area contributed by atoms with Crippen LogP contribution in [-0.2, 0) is 0 Å². The van der Waals surface area contributed by atoms with Crippen molar-refractivity contribution in [2.45, 2.75) is 12.4 Å².